The maximum atomic E-state index is 12.9. The fourth-order valence-electron chi connectivity index (χ4n) is 3.13. The first-order valence-electron chi connectivity index (χ1n) is 8.56. The molecule has 1 atom stereocenters. The number of hydrogen-bond acceptors (Lipinski definition) is 4. The Balaban J connectivity index is 1.44. The summed E-state index contributed by atoms with van der Waals surface area (Å²) < 4.78 is 18.6. The first kappa shape index (κ1) is 17.7. The van der Waals surface area contributed by atoms with Gasteiger partial charge in [0.1, 0.15) is 17.7 Å². The zero-order chi connectivity index (χ0) is 18.0. The van der Waals surface area contributed by atoms with E-state index in [-0.39, 0.29) is 29.7 Å². The van der Waals surface area contributed by atoms with Gasteiger partial charge in [-0.15, -0.1) is 0 Å². The Morgan fingerprint density at radius 2 is 1.92 bits per heavy atom. The number of ether oxygens (including phenoxy) is 1. The number of likely N-dealkylation sites (N-methyl/N-ethyl adjacent to an activating group) is 1. The average Bonchev–Trinajstić information content (AvgIpc) is 2.91. The van der Waals surface area contributed by atoms with Crippen molar-refractivity contribution in [2.45, 2.75) is 12.5 Å². The zero-order valence-electron chi connectivity index (χ0n) is 14.7. The van der Waals surface area contributed by atoms with Crippen LogP contribution in [0.2, 0.25) is 0 Å². The molecule has 6 nitrogen and oxygen atoms in total. The fraction of sp³-hybridized carbons (Fsp3) is 0.556. The van der Waals surface area contributed by atoms with E-state index >= 15 is 0 Å². The molecule has 2 heterocycles. The maximum Gasteiger partial charge on any atom is 0.228 e. The molecule has 0 aromatic heterocycles. The minimum absolute atomic E-state index is 0.0275. The third-order valence-electron chi connectivity index (χ3n) is 4.66. The van der Waals surface area contributed by atoms with E-state index in [1.54, 1.807) is 21.9 Å². The average molecular weight is 349 g/mol. The molecule has 2 fully saturated rings. The molecule has 2 saturated heterocycles. The third kappa shape index (κ3) is 4.28. The van der Waals surface area contributed by atoms with E-state index in [4.69, 9.17) is 4.74 Å². The molecular weight excluding hydrogens is 325 g/mol. The molecule has 3 rings (SSSR count). The van der Waals surface area contributed by atoms with E-state index in [1.807, 2.05) is 19.0 Å². The summed E-state index contributed by atoms with van der Waals surface area (Å²) in [6, 6.07) is 5.86. The molecule has 0 N–H and O–H groups in total. The molecular formula is C18H24FN3O3. The lowest BCUT2D eigenvalue weighted by atomic mass is 10.0. The minimum atomic E-state index is -0.303. The fourth-order valence-corrected chi connectivity index (χ4v) is 3.13. The van der Waals surface area contributed by atoms with Gasteiger partial charge in [-0.05, 0) is 38.4 Å². The molecule has 7 heteroatoms. The Labute approximate surface area is 147 Å². The van der Waals surface area contributed by atoms with Crippen molar-refractivity contribution in [1.82, 2.24) is 14.7 Å². The van der Waals surface area contributed by atoms with Gasteiger partial charge in [-0.3, -0.25) is 9.59 Å². The number of carbonyl (C=O) groups excluding carboxylic acids is 2. The second kappa shape index (κ2) is 7.39. The number of benzene rings is 1. The largest absolute Gasteiger partial charge is 0.487 e. The summed E-state index contributed by atoms with van der Waals surface area (Å²) in [7, 11) is 3.93. The standard InChI is InChI=1S/C18H24FN3O3/c1-20(2)7-8-21-10-13(9-17(21)23)18(24)22-11-16(12-22)25-15-5-3-14(19)4-6-15/h3-6,13,16H,7-12H2,1-2H3/t13-/m1/s1. The number of carbonyl (C=O) groups is 2. The van der Waals surface area contributed by atoms with E-state index in [9.17, 15) is 14.0 Å². The van der Waals surface area contributed by atoms with E-state index in [2.05, 4.69) is 0 Å². The maximum absolute atomic E-state index is 12.9. The van der Waals surface area contributed by atoms with Gasteiger partial charge in [-0.1, -0.05) is 0 Å². The van der Waals surface area contributed by atoms with Gasteiger partial charge >= 0.3 is 0 Å². The highest BCUT2D eigenvalue weighted by Gasteiger charge is 2.40. The van der Waals surface area contributed by atoms with Gasteiger partial charge in [-0.2, -0.15) is 0 Å². The summed E-state index contributed by atoms with van der Waals surface area (Å²) >= 11 is 0. The Kier molecular flexibility index (Phi) is 5.22. The van der Waals surface area contributed by atoms with Crippen molar-refractivity contribution in [1.29, 1.82) is 0 Å². The first-order valence-corrected chi connectivity index (χ1v) is 8.56. The summed E-state index contributed by atoms with van der Waals surface area (Å²) in [6.45, 7) is 2.98. The second-order valence-electron chi connectivity index (χ2n) is 6.98. The van der Waals surface area contributed by atoms with Crippen molar-refractivity contribution < 1.29 is 18.7 Å². The molecule has 0 aliphatic carbocycles. The molecule has 2 aliphatic rings. The molecule has 0 spiro atoms. The van der Waals surface area contributed by atoms with Crippen LogP contribution in [-0.2, 0) is 9.59 Å². The van der Waals surface area contributed by atoms with Gasteiger partial charge in [-0.25, -0.2) is 4.39 Å². The van der Waals surface area contributed by atoms with Crippen molar-refractivity contribution >= 4 is 11.8 Å². The van der Waals surface area contributed by atoms with Crippen molar-refractivity contribution in [3.63, 3.8) is 0 Å². The monoisotopic (exact) mass is 349 g/mol. The quantitative estimate of drug-likeness (QED) is 0.763. The van der Waals surface area contributed by atoms with Crippen LogP contribution in [-0.4, -0.2) is 79.4 Å². The number of amides is 2. The predicted molar refractivity (Wildman–Crippen MR) is 90.6 cm³/mol. The van der Waals surface area contributed by atoms with Crippen LogP contribution < -0.4 is 4.74 Å². The smallest absolute Gasteiger partial charge is 0.228 e. The van der Waals surface area contributed by atoms with Gasteiger partial charge in [0, 0.05) is 26.1 Å². The van der Waals surface area contributed by atoms with Crippen LogP contribution in [0.25, 0.3) is 0 Å². The van der Waals surface area contributed by atoms with Gasteiger partial charge in [0.25, 0.3) is 0 Å². The van der Waals surface area contributed by atoms with Crippen molar-refractivity contribution in [3.8, 4) is 5.75 Å². The van der Waals surface area contributed by atoms with Gasteiger partial charge in [0.15, 0.2) is 0 Å². The van der Waals surface area contributed by atoms with Crippen LogP contribution in [0.4, 0.5) is 4.39 Å². The molecule has 2 aliphatic heterocycles. The highest BCUT2D eigenvalue weighted by Crippen LogP contribution is 2.24. The first-order chi connectivity index (χ1) is 11.9. The lowest BCUT2D eigenvalue weighted by molar-refractivity contribution is -0.144. The number of likely N-dealkylation sites (tertiary alicyclic amines) is 2. The molecule has 1 aromatic rings. The van der Waals surface area contributed by atoms with Crippen LogP contribution in [0.5, 0.6) is 5.75 Å². The van der Waals surface area contributed by atoms with E-state index in [1.165, 1.54) is 12.1 Å². The van der Waals surface area contributed by atoms with Crippen LogP contribution in [0, 0.1) is 11.7 Å². The normalized spacial score (nSPS) is 21.0. The van der Waals surface area contributed by atoms with Crippen LogP contribution in [0.3, 0.4) is 0 Å². The van der Waals surface area contributed by atoms with Crippen molar-refractivity contribution in [2.75, 3.05) is 46.8 Å². The summed E-state index contributed by atoms with van der Waals surface area (Å²) in [5.74, 6) is 0.132. The van der Waals surface area contributed by atoms with Crippen LogP contribution in [0.1, 0.15) is 6.42 Å². The molecule has 0 saturated carbocycles. The molecule has 0 unspecified atom stereocenters. The summed E-state index contributed by atoms with van der Waals surface area (Å²) in [4.78, 5) is 30.1. The molecule has 1 aromatic carbocycles. The van der Waals surface area contributed by atoms with Crippen molar-refractivity contribution in [2.24, 2.45) is 5.92 Å². The number of rotatable bonds is 6. The van der Waals surface area contributed by atoms with Gasteiger partial charge in [0.2, 0.25) is 11.8 Å². The molecule has 0 bridgehead atoms. The molecule has 0 radical (unpaired) electrons. The number of halogens is 1. The lowest BCUT2D eigenvalue weighted by Gasteiger charge is -2.40. The molecule has 25 heavy (non-hydrogen) atoms. The minimum Gasteiger partial charge on any atom is -0.487 e. The summed E-state index contributed by atoms with van der Waals surface area (Å²) in [5, 5.41) is 0. The van der Waals surface area contributed by atoms with E-state index in [0.717, 1.165) is 6.54 Å². The Bertz CT molecular complexity index is 629. The van der Waals surface area contributed by atoms with Crippen molar-refractivity contribution in [3.05, 3.63) is 30.1 Å². The van der Waals surface area contributed by atoms with Gasteiger partial charge in [0.05, 0.1) is 19.0 Å². The summed E-state index contributed by atoms with van der Waals surface area (Å²) in [5.41, 5.74) is 0. The lowest BCUT2D eigenvalue weighted by Crippen LogP contribution is -2.57. The highest BCUT2D eigenvalue weighted by atomic mass is 19.1. The highest BCUT2D eigenvalue weighted by molar-refractivity contribution is 5.89. The Morgan fingerprint density at radius 3 is 2.56 bits per heavy atom. The topological polar surface area (TPSA) is 53.1 Å². The number of nitrogens with zero attached hydrogens (tertiary/aromatic N) is 3. The predicted octanol–water partition coefficient (Wildman–Crippen LogP) is 0.825. The summed E-state index contributed by atoms with van der Waals surface area (Å²) in [6.07, 6.45) is 0.225. The van der Waals surface area contributed by atoms with E-state index < -0.39 is 0 Å². The molecule has 136 valence electrons. The third-order valence-corrected chi connectivity index (χ3v) is 4.66. The van der Waals surface area contributed by atoms with Gasteiger partial charge < -0.3 is 19.4 Å². The Hall–Kier alpha value is -2.15. The van der Waals surface area contributed by atoms with Crippen LogP contribution in [0.15, 0.2) is 24.3 Å². The SMILES string of the molecule is CN(C)CCN1C[C@H](C(=O)N2CC(Oc3ccc(F)cc3)C2)CC1=O. The molecule has 2 amide bonds. The van der Waals surface area contributed by atoms with Crippen LogP contribution >= 0.6 is 0 Å². The second-order valence-corrected chi connectivity index (χ2v) is 6.98. The zero-order valence-corrected chi connectivity index (χ0v) is 14.7. The number of hydrogen-bond donors (Lipinski definition) is 0. The Morgan fingerprint density at radius 1 is 1.24 bits per heavy atom. The van der Waals surface area contributed by atoms with E-state index in [0.29, 0.717) is 38.3 Å².